The number of para-hydroxylation sites is 1. The van der Waals surface area contributed by atoms with Crippen LogP contribution in [0.25, 0.3) is 0 Å². The minimum atomic E-state index is 0.624. The zero-order chi connectivity index (χ0) is 16.5. The first-order valence-electron chi connectivity index (χ1n) is 7.79. The van der Waals surface area contributed by atoms with E-state index in [1.165, 1.54) is 5.56 Å². The van der Waals surface area contributed by atoms with E-state index in [9.17, 15) is 0 Å². The Kier molecular flexibility index (Phi) is 3.90. The smallest absolute Gasteiger partial charge is 0.251 e. The van der Waals surface area contributed by atoms with E-state index in [-0.39, 0.29) is 0 Å². The average Bonchev–Trinajstić information content (AvgIpc) is 3.03. The van der Waals surface area contributed by atoms with Crippen LogP contribution in [0.15, 0.2) is 53.1 Å². The second-order valence-electron chi connectivity index (χ2n) is 5.76. The van der Waals surface area contributed by atoms with E-state index in [1.807, 2.05) is 18.2 Å². The van der Waals surface area contributed by atoms with Gasteiger partial charge in [0.05, 0.1) is 6.20 Å². The summed E-state index contributed by atoms with van der Waals surface area (Å²) >= 11 is 3.51. The van der Waals surface area contributed by atoms with Crippen LogP contribution in [-0.2, 0) is 6.42 Å². The van der Waals surface area contributed by atoms with E-state index < -0.39 is 0 Å². The van der Waals surface area contributed by atoms with Crippen molar-refractivity contribution < 1.29 is 0 Å². The summed E-state index contributed by atoms with van der Waals surface area (Å²) in [6, 6.07) is 14.4. The highest BCUT2D eigenvalue weighted by Crippen LogP contribution is 2.32. The van der Waals surface area contributed by atoms with Crippen LogP contribution in [0.4, 0.5) is 23.1 Å². The fourth-order valence-electron chi connectivity index (χ4n) is 2.89. The Morgan fingerprint density at radius 3 is 2.92 bits per heavy atom. The van der Waals surface area contributed by atoms with Crippen molar-refractivity contribution in [3.05, 3.63) is 64.3 Å². The molecule has 24 heavy (non-hydrogen) atoms. The van der Waals surface area contributed by atoms with Crippen molar-refractivity contribution in [3.63, 3.8) is 0 Å². The van der Waals surface area contributed by atoms with Crippen LogP contribution in [0.5, 0.6) is 0 Å². The summed E-state index contributed by atoms with van der Waals surface area (Å²) in [6.07, 6.45) is 2.64. The molecule has 0 radical (unpaired) electrons. The van der Waals surface area contributed by atoms with Gasteiger partial charge in [-0.25, -0.2) is 0 Å². The van der Waals surface area contributed by atoms with Crippen molar-refractivity contribution in [1.29, 1.82) is 0 Å². The van der Waals surface area contributed by atoms with Crippen molar-refractivity contribution in [1.82, 2.24) is 15.2 Å². The lowest BCUT2D eigenvalue weighted by Gasteiger charge is -2.17. The minimum Gasteiger partial charge on any atom is -0.339 e. The number of hydrogen-bond donors (Lipinski definition) is 1. The van der Waals surface area contributed by atoms with Gasteiger partial charge in [0.25, 0.3) is 5.95 Å². The van der Waals surface area contributed by atoms with Crippen LogP contribution in [0, 0.1) is 6.92 Å². The topological polar surface area (TPSA) is 53.9 Å². The molecule has 0 aliphatic carbocycles. The number of aryl methyl sites for hydroxylation is 1. The van der Waals surface area contributed by atoms with Gasteiger partial charge in [0.15, 0.2) is 5.82 Å². The maximum absolute atomic E-state index is 4.63. The Hall–Kier alpha value is -2.47. The van der Waals surface area contributed by atoms with Gasteiger partial charge in [-0.2, -0.15) is 10.1 Å². The molecule has 120 valence electrons. The molecule has 0 saturated heterocycles. The molecule has 0 fully saturated rings. The summed E-state index contributed by atoms with van der Waals surface area (Å²) in [5.41, 5.74) is 4.62. The standard InChI is InChI=1S/C18H16BrN5/c1-12-10-14(6-7-15(12)19)21-17-11-20-23-18(22-17)24-9-8-13-4-2-3-5-16(13)24/h2-7,10-11H,8-9H2,1H3,(H,21,22,23). The lowest BCUT2D eigenvalue weighted by atomic mass is 10.2. The molecule has 2 aromatic carbocycles. The van der Waals surface area contributed by atoms with Crippen molar-refractivity contribution in [2.24, 2.45) is 0 Å². The van der Waals surface area contributed by atoms with Crippen LogP contribution >= 0.6 is 15.9 Å². The van der Waals surface area contributed by atoms with Crippen molar-refractivity contribution >= 4 is 39.1 Å². The predicted molar refractivity (Wildman–Crippen MR) is 99.1 cm³/mol. The molecule has 0 spiro atoms. The number of nitrogens with zero attached hydrogens (tertiary/aromatic N) is 4. The zero-order valence-electron chi connectivity index (χ0n) is 13.2. The molecule has 1 aliphatic heterocycles. The number of fused-ring (bicyclic) bond motifs is 1. The van der Waals surface area contributed by atoms with E-state index in [0.717, 1.165) is 34.4 Å². The molecular formula is C18H16BrN5. The second-order valence-corrected chi connectivity index (χ2v) is 6.62. The van der Waals surface area contributed by atoms with E-state index in [0.29, 0.717) is 11.8 Å². The highest BCUT2D eigenvalue weighted by atomic mass is 79.9. The van der Waals surface area contributed by atoms with Gasteiger partial charge in [-0.1, -0.05) is 34.1 Å². The molecule has 5 nitrogen and oxygen atoms in total. The Balaban J connectivity index is 1.61. The van der Waals surface area contributed by atoms with Crippen molar-refractivity contribution in [2.45, 2.75) is 13.3 Å². The predicted octanol–water partition coefficient (Wildman–Crippen LogP) is 4.38. The lowest BCUT2D eigenvalue weighted by molar-refractivity contribution is 0.887. The Bertz CT molecular complexity index is 896. The van der Waals surface area contributed by atoms with E-state index in [2.05, 4.69) is 72.5 Å². The third kappa shape index (κ3) is 2.85. The van der Waals surface area contributed by atoms with Gasteiger partial charge >= 0.3 is 0 Å². The molecule has 1 N–H and O–H groups in total. The SMILES string of the molecule is Cc1cc(Nc2cnnc(N3CCc4ccccc43)n2)ccc1Br. The van der Waals surface area contributed by atoms with Gasteiger partial charge in [-0.15, -0.1) is 5.10 Å². The monoisotopic (exact) mass is 381 g/mol. The molecule has 6 heteroatoms. The summed E-state index contributed by atoms with van der Waals surface area (Å²) in [5.74, 6) is 1.31. The molecule has 0 unspecified atom stereocenters. The van der Waals surface area contributed by atoms with Crippen LogP contribution in [0.3, 0.4) is 0 Å². The van der Waals surface area contributed by atoms with Gasteiger partial charge in [-0.3, -0.25) is 0 Å². The summed E-state index contributed by atoms with van der Waals surface area (Å²) in [7, 11) is 0. The average molecular weight is 382 g/mol. The second kappa shape index (κ2) is 6.20. The molecule has 0 atom stereocenters. The molecule has 0 bridgehead atoms. The molecule has 0 amide bonds. The van der Waals surface area contributed by atoms with Crippen molar-refractivity contribution in [3.8, 4) is 0 Å². The first-order valence-corrected chi connectivity index (χ1v) is 8.58. The Labute approximate surface area is 148 Å². The van der Waals surface area contributed by atoms with Crippen LogP contribution in [0.2, 0.25) is 0 Å². The first kappa shape index (κ1) is 15.1. The van der Waals surface area contributed by atoms with Gasteiger partial charge in [0.2, 0.25) is 0 Å². The van der Waals surface area contributed by atoms with Crippen LogP contribution in [-0.4, -0.2) is 21.7 Å². The highest BCUT2D eigenvalue weighted by molar-refractivity contribution is 9.10. The molecular weight excluding hydrogens is 366 g/mol. The number of benzene rings is 2. The van der Waals surface area contributed by atoms with Gasteiger partial charge in [0, 0.05) is 22.4 Å². The number of rotatable bonds is 3. The number of aromatic nitrogens is 3. The summed E-state index contributed by atoms with van der Waals surface area (Å²) in [4.78, 5) is 6.74. The zero-order valence-corrected chi connectivity index (χ0v) is 14.8. The fourth-order valence-corrected chi connectivity index (χ4v) is 3.13. The number of nitrogens with one attached hydrogen (secondary N) is 1. The first-order chi connectivity index (χ1) is 11.7. The molecule has 4 rings (SSSR count). The third-order valence-corrected chi connectivity index (χ3v) is 5.00. The maximum atomic E-state index is 4.63. The minimum absolute atomic E-state index is 0.624. The van der Waals surface area contributed by atoms with Gasteiger partial charge in [0.1, 0.15) is 0 Å². The molecule has 2 heterocycles. The number of anilines is 4. The van der Waals surface area contributed by atoms with Crippen LogP contribution < -0.4 is 10.2 Å². The van der Waals surface area contributed by atoms with E-state index >= 15 is 0 Å². The summed E-state index contributed by atoms with van der Waals surface area (Å²) < 4.78 is 1.09. The molecule has 1 aromatic heterocycles. The largest absolute Gasteiger partial charge is 0.339 e. The Morgan fingerprint density at radius 2 is 2.04 bits per heavy atom. The molecule has 0 saturated carbocycles. The normalized spacial score (nSPS) is 13.0. The van der Waals surface area contributed by atoms with Crippen LogP contribution in [0.1, 0.15) is 11.1 Å². The van der Waals surface area contributed by atoms with E-state index in [4.69, 9.17) is 0 Å². The lowest BCUT2D eigenvalue weighted by Crippen LogP contribution is -2.17. The number of halogens is 1. The van der Waals surface area contributed by atoms with E-state index in [1.54, 1.807) is 6.20 Å². The maximum Gasteiger partial charge on any atom is 0.251 e. The number of hydrogen-bond acceptors (Lipinski definition) is 5. The Morgan fingerprint density at radius 1 is 1.17 bits per heavy atom. The summed E-state index contributed by atoms with van der Waals surface area (Å²) in [5, 5.41) is 11.6. The molecule has 1 aliphatic rings. The van der Waals surface area contributed by atoms with Gasteiger partial charge in [-0.05, 0) is 48.7 Å². The summed E-state index contributed by atoms with van der Waals surface area (Å²) in [6.45, 7) is 2.93. The quantitative estimate of drug-likeness (QED) is 0.729. The highest BCUT2D eigenvalue weighted by Gasteiger charge is 2.22. The fraction of sp³-hybridized carbons (Fsp3) is 0.167. The van der Waals surface area contributed by atoms with Crippen molar-refractivity contribution in [2.75, 3.05) is 16.8 Å². The molecule has 3 aromatic rings. The third-order valence-electron chi connectivity index (χ3n) is 4.11. The van der Waals surface area contributed by atoms with Gasteiger partial charge < -0.3 is 10.2 Å².